The minimum atomic E-state index is 0. The summed E-state index contributed by atoms with van der Waals surface area (Å²) in [5.41, 5.74) is 2.14. The Morgan fingerprint density at radius 2 is 1.77 bits per heavy atom. The van der Waals surface area contributed by atoms with Crippen LogP contribution in [0, 0.1) is 0 Å². The highest BCUT2D eigenvalue weighted by Crippen LogP contribution is 2.22. The maximum Gasteiger partial charge on any atom is 0.119 e. The fraction of sp³-hybridized carbons (Fsp3) is 0.400. The molecule has 2 rings (SSSR count). The molecule has 3 nitrogen and oxygen atoms in total. The standard InChI is InChI=1S/C20H25Cl2NO2.ClH/c1-15(2)24-11-3-10-23-13-16-4-8-19(9-5-16)25-14-17-6-7-18(21)12-20(17)22;/h4-9,12,15,23H,3,10-11,13-14H2,1-2H3;1H. The summed E-state index contributed by atoms with van der Waals surface area (Å²) in [5, 5.41) is 4.66. The van der Waals surface area contributed by atoms with Crippen molar-refractivity contribution in [2.24, 2.45) is 0 Å². The van der Waals surface area contributed by atoms with E-state index in [4.69, 9.17) is 32.7 Å². The highest BCUT2D eigenvalue weighted by molar-refractivity contribution is 6.35. The fourth-order valence-corrected chi connectivity index (χ4v) is 2.72. The Hall–Kier alpha value is -0.970. The van der Waals surface area contributed by atoms with E-state index in [2.05, 4.69) is 31.3 Å². The van der Waals surface area contributed by atoms with Crippen molar-refractivity contribution in [2.45, 2.75) is 39.5 Å². The summed E-state index contributed by atoms with van der Waals surface area (Å²) in [6.45, 7) is 7.11. The first-order valence-corrected chi connectivity index (χ1v) is 9.28. The minimum Gasteiger partial charge on any atom is -0.489 e. The quantitative estimate of drug-likeness (QED) is 0.487. The zero-order chi connectivity index (χ0) is 18.1. The molecule has 144 valence electrons. The number of hydrogen-bond donors (Lipinski definition) is 1. The third-order valence-electron chi connectivity index (χ3n) is 3.61. The molecule has 0 aliphatic heterocycles. The summed E-state index contributed by atoms with van der Waals surface area (Å²) < 4.78 is 11.3. The van der Waals surface area contributed by atoms with E-state index in [1.807, 2.05) is 24.3 Å². The van der Waals surface area contributed by atoms with Crippen LogP contribution in [0.25, 0.3) is 0 Å². The predicted octanol–water partition coefficient (Wildman–Crippen LogP) is 5.90. The molecule has 0 aliphatic carbocycles. The smallest absolute Gasteiger partial charge is 0.119 e. The number of nitrogens with one attached hydrogen (secondary N) is 1. The van der Waals surface area contributed by atoms with Crippen molar-refractivity contribution in [2.75, 3.05) is 13.2 Å². The van der Waals surface area contributed by atoms with Gasteiger partial charge in [-0.15, -0.1) is 12.4 Å². The van der Waals surface area contributed by atoms with Gasteiger partial charge in [-0.05, 0) is 56.6 Å². The van der Waals surface area contributed by atoms with Crippen molar-refractivity contribution in [3.63, 3.8) is 0 Å². The monoisotopic (exact) mass is 417 g/mol. The molecular formula is C20H26Cl3NO2. The van der Waals surface area contributed by atoms with Crippen molar-refractivity contribution in [3.8, 4) is 5.75 Å². The van der Waals surface area contributed by atoms with Gasteiger partial charge >= 0.3 is 0 Å². The molecule has 0 aliphatic rings. The van der Waals surface area contributed by atoms with Crippen LogP contribution in [0.1, 0.15) is 31.4 Å². The molecule has 0 unspecified atom stereocenters. The topological polar surface area (TPSA) is 30.5 Å². The van der Waals surface area contributed by atoms with Crippen LogP contribution in [-0.2, 0) is 17.9 Å². The SMILES string of the molecule is CC(C)OCCCNCc1ccc(OCc2ccc(Cl)cc2Cl)cc1.Cl. The third kappa shape index (κ3) is 8.61. The Balaban J connectivity index is 0.00000338. The lowest BCUT2D eigenvalue weighted by Crippen LogP contribution is -2.17. The van der Waals surface area contributed by atoms with Crippen LogP contribution in [-0.4, -0.2) is 19.3 Å². The molecule has 0 aromatic heterocycles. The Morgan fingerprint density at radius 1 is 1.04 bits per heavy atom. The number of hydrogen-bond acceptors (Lipinski definition) is 3. The van der Waals surface area contributed by atoms with Gasteiger partial charge in [-0.25, -0.2) is 0 Å². The summed E-state index contributed by atoms with van der Waals surface area (Å²) in [6, 6.07) is 13.5. The van der Waals surface area contributed by atoms with Crippen molar-refractivity contribution in [1.82, 2.24) is 5.32 Å². The van der Waals surface area contributed by atoms with Gasteiger partial charge in [0.2, 0.25) is 0 Å². The molecule has 2 aromatic rings. The molecule has 6 heteroatoms. The number of rotatable bonds is 10. The molecule has 0 saturated carbocycles. The van der Waals surface area contributed by atoms with Crippen molar-refractivity contribution >= 4 is 35.6 Å². The Kier molecular flexibility index (Phi) is 11.0. The molecule has 0 radical (unpaired) electrons. The first-order chi connectivity index (χ1) is 12.0. The Morgan fingerprint density at radius 3 is 2.42 bits per heavy atom. The summed E-state index contributed by atoms with van der Waals surface area (Å²) >= 11 is 12.0. The number of halogens is 3. The van der Waals surface area contributed by atoms with E-state index in [0.717, 1.165) is 37.4 Å². The molecule has 0 fully saturated rings. The maximum absolute atomic E-state index is 6.15. The van der Waals surface area contributed by atoms with Crippen LogP contribution >= 0.6 is 35.6 Å². The van der Waals surface area contributed by atoms with Crippen LogP contribution in [0.5, 0.6) is 5.75 Å². The highest BCUT2D eigenvalue weighted by atomic mass is 35.5. The van der Waals surface area contributed by atoms with Crippen LogP contribution in [0.3, 0.4) is 0 Å². The lowest BCUT2D eigenvalue weighted by molar-refractivity contribution is 0.0770. The van der Waals surface area contributed by atoms with E-state index in [-0.39, 0.29) is 12.4 Å². The average Bonchev–Trinajstić information content (AvgIpc) is 2.58. The molecule has 26 heavy (non-hydrogen) atoms. The van der Waals surface area contributed by atoms with E-state index >= 15 is 0 Å². The number of ether oxygens (including phenoxy) is 2. The van der Waals surface area contributed by atoms with Gasteiger partial charge in [0.1, 0.15) is 12.4 Å². The molecule has 0 saturated heterocycles. The zero-order valence-electron chi connectivity index (χ0n) is 15.1. The van der Waals surface area contributed by atoms with Gasteiger partial charge in [0.05, 0.1) is 6.10 Å². The second kappa shape index (κ2) is 12.4. The second-order valence-corrected chi connectivity index (χ2v) is 6.96. The van der Waals surface area contributed by atoms with Gasteiger partial charge in [-0.1, -0.05) is 41.4 Å². The molecule has 0 bridgehead atoms. The highest BCUT2D eigenvalue weighted by Gasteiger charge is 2.03. The molecule has 0 heterocycles. The van der Waals surface area contributed by atoms with E-state index < -0.39 is 0 Å². The molecule has 1 N–H and O–H groups in total. The van der Waals surface area contributed by atoms with Gasteiger partial charge in [0.15, 0.2) is 0 Å². The van der Waals surface area contributed by atoms with Crippen LogP contribution < -0.4 is 10.1 Å². The van der Waals surface area contributed by atoms with Gasteiger partial charge < -0.3 is 14.8 Å². The second-order valence-electron chi connectivity index (χ2n) is 6.12. The first kappa shape index (κ1) is 23.1. The molecule has 0 atom stereocenters. The van der Waals surface area contributed by atoms with Gasteiger partial charge in [0.25, 0.3) is 0 Å². The van der Waals surface area contributed by atoms with Crippen LogP contribution in [0.4, 0.5) is 0 Å². The lowest BCUT2D eigenvalue weighted by atomic mass is 10.2. The fourth-order valence-electron chi connectivity index (χ4n) is 2.25. The lowest BCUT2D eigenvalue weighted by Gasteiger charge is -2.10. The summed E-state index contributed by atoms with van der Waals surface area (Å²) in [4.78, 5) is 0. The van der Waals surface area contributed by atoms with Crippen molar-refractivity contribution in [1.29, 1.82) is 0 Å². The van der Waals surface area contributed by atoms with Gasteiger partial charge in [-0.2, -0.15) is 0 Å². The van der Waals surface area contributed by atoms with Crippen molar-refractivity contribution in [3.05, 3.63) is 63.6 Å². The average molecular weight is 419 g/mol. The minimum absolute atomic E-state index is 0. The van der Waals surface area contributed by atoms with E-state index in [1.54, 1.807) is 6.07 Å². The Labute approximate surface area is 172 Å². The maximum atomic E-state index is 6.15. The van der Waals surface area contributed by atoms with Gasteiger partial charge in [0, 0.05) is 28.8 Å². The summed E-state index contributed by atoms with van der Waals surface area (Å²) in [7, 11) is 0. The zero-order valence-corrected chi connectivity index (χ0v) is 17.5. The molecule has 0 amide bonds. The van der Waals surface area contributed by atoms with E-state index in [1.165, 1.54) is 5.56 Å². The van der Waals surface area contributed by atoms with E-state index in [9.17, 15) is 0 Å². The predicted molar refractivity (Wildman–Crippen MR) is 112 cm³/mol. The largest absolute Gasteiger partial charge is 0.489 e. The molecular weight excluding hydrogens is 393 g/mol. The van der Waals surface area contributed by atoms with Gasteiger partial charge in [-0.3, -0.25) is 0 Å². The molecule has 0 spiro atoms. The number of benzene rings is 2. The van der Waals surface area contributed by atoms with Crippen LogP contribution in [0.15, 0.2) is 42.5 Å². The van der Waals surface area contributed by atoms with Crippen LogP contribution in [0.2, 0.25) is 10.0 Å². The Bertz CT molecular complexity index is 648. The van der Waals surface area contributed by atoms with Crippen molar-refractivity contribution < 1.29 is 9.47 Å². The summed E-state index contributed by atoms with van der Waals surface area (Å²) in [6.07, 6.45) is 1.32. The molecule has 2 aromatic carbocycles. The summed E-state index contributed by atoms with van der Waals surface area (Å²) in [5.74, 6) is 0.820. The third-order valence-corrected chi connectivity index (χ3v) is 4.20. The first-order valence-electron chi connectivity index (χ1n) is 8.52. The normalized spacial score (nSPS) is 10.7. The van der Waals surface area contributed by atoms with E-state index in [0.29, 0.717) is 22.8 Å².